The molecule has 0 aliphatic carbocycles. The van der Waals surface area contributed by atoms with Gasteiger partial charge in [-0.2, -0.15) is 5.10 Å². The van der Waals surface area contributed by atoms with Gasteiger partial charge in [0, 0.05) is 48.7 Å². The number of hydrogen-bond acceptors (Lipinski definition) is 4. The zero-order valence-electron chi connectivity index (χ0n) is 12.6. The third kappa shape index (κ3) is 3.92. The van der Waals surface area contributed by atoms with Crippen molar-refractivity contribution in [2.75, 3.05) is 0 Å². The van der Waals surface area contributed by atoms with Crippen LogP contribution >= 0.6 is 11.3 Å². The van der Waals surface area contributed by atoms with Crippen LogP contribution in [-0.2, 0) is 18.4 Å². The van der Waals surface area contributed by atoms with Gasteiger partial charge < -0.3 is 5.32 Å². The molecule has 6 heteroatoms. The smallest absolute Gasteiger partial charge is 0.244 e. The Kier molecular flexibility index (Phi) is 4.63. The van der Waals surface area contributed by atoms with E-state index in [2.05, 4.69) is 15.4 Å². The van der Waals surface area contributed by atoms with Crippen molar-refractivity contribution in [2.24, 2.45) is 7.05 Å². The van der Waals surface area contributed by atoms with E-state index in [4.69, 9.17) is 0 Å². The molecule has 116 valence electrons. The zero-order valence-corrected chi connectivity index (χ0v) is 13.5. The predicted molar refractivity (Wildman–Crippen MR) is 91.6 cm³/mol. The van der Waals surface area contributed by atoms with E-state index in [0.29, 0.717) is 6.54 Å². The van der Waals surface area contributed by atoms with Crippen LogP contribution in [0.4, 0.5) is 0 Å². The first kappa shape index (κ1) is 15.2. The van der Waals surface area contributed by atoms with Crippen molar-refractivity contribution in [1.29, 1.82) is 0 Å². The highest BCUT2D eigenvalue weighted by molar-refractivity contribution is 7.10. The maximum Gasteiger partial charge on any atom is 0.244 e. The van der Waals surface area contributed by atoms with Crippen molar-refractivity contribution in [2.45, 2.75) is 6.54 Å². The van der Waals surface area contributed by atoms with E-state index in [1.165, 1.54) is 0 Å². The van der Waals surface area contributed by atoms with Gasteiger partial charge in [-0.3, -0.25) is 14.5 Å². The minimum Gasteiger partial charge on any atom is -0.348 e. The van der Waals surface area contributed by atoms with Crippen LogP contribution < -0.4 is 5.32 Å². The predicted octanol–water partition coefficient (Wildman–Crippen LogP) is 2.87. The molecular weight excluding hydrogens is 308 g/mol. The third-order valence-electron chi connectivity index (χ3n) is 3.32. The summed E-state index contributed by atoms with van der Waals surface area (Å²) >= 11 is 1.60. The zero-order chi connectivity index (χ0) is 16.1. The van der Waals surface area contributed by atoms with Crippen LogP contribution in [0, 0.1) is 0 Å². The van der Waals surface area contributed by atoms with Gasteiger partial charge in [0.25, 0.3) is 0 Å². The lowest BCUT2D eigenvalue weighted by molar-refractivity contribution is -0.116. The minimum atomic E-state index is -0.121. The molecule has 0 saturated carbocycles. The number of carbonyl (C=O) groups is 1. The average Bonchev–Trinajstić information content (AvgIpc) is 3.22. The number of aromatic nitrogens is 3. The molecule has 1 N–H and O–H groups in total. The molecular formula is C17H16N4OS. The topological polar surface area (TPSA) is 59.8 Å². The molecule has 0 atom stereocenters. The Balaban J connectivity index is 1.62. The molecule has 23 heavy (non-hydrogen) atoms. The van der Waals surface area contributed by atoms with Crippen molar-refractivity contribution in [3.63, 3.8) is 0 Å². The number of amides is 1. The number of aryl methyl sites for hydroxylation is 1. The number of nitrogens with one attached hydrogen (secondary N) is 1. The molecule has 0 spiro atoms. The summed E-state index contributed by atoms with van der Waals surface area (Å²) in [5, 5.41) is 9.00. The van der Waals surface area contributed by atoms with Gasteiger partial charge in [-0.05, 0) is 35.2 Å². The van der Waals surface area contributed by atoms with E-state index >= 15 is 0 Å². The van der Waals surface area contributed by atoms with E-state index in [0.717, 1.165) is 21.7 Å². The lowest BCUT2D eigenvalue weighted by atomic mass is 10.1. The van der Waals surface area contributed by atoms with Crippen LogP contribution in [0.1, 0.15) is 10.4 Å². The summed E-state index contributed by atoms with van der Waals surface area (Å²) in [5.74, 6) is -0.121. The number of carbonyl (C=O) groups excluding carboxylic acids is 1. The monoisotopic (exact) mass is 324 g/mol. The normalized spacial score (nSPS) is 11.0. The molecule has 0 radical (unpaired) electrons. The van der Waals surface area contributed by atoms with Crippen LogP contribution in [0.2, 0.25) is 0 Å². The summed E-state index contributed by atoms with van der Waals surface area (Å²) in [6.45, 7) is 0.437. The molecule has 0 aliphatic rings. The van der Waals surface area contributed by atoms with E-state index in [-0.39, 0.29) is 5.91 Å². The van der Waals surface area contributed by atoms with Crippen molar-refractivity contribution in [3.8, 4) is 11.3 Å². The van der Waals surface area contributed by atoms with Gasteiger partial charge in [0.05, 0.1) is 5.69 Å². The molecule has 0 aliphatic heterocycles. The van der Waals surface area contributed by atoms with Crippen LogP contribution in [0.3, 0.4) is 0 Å². The van der Waals surface area contributed by atoms with Crippen LogP contribution in [0.25, 0.3) is 17.3 Å². The SMILES string of the molecule is Cn1nccc1-c1cncc(CNC(=O)/C=C/c2cccs2)c1. The second-order valence-corrected chi connectivity index (χ2v) is 5.97. The summed E-state index contributed by atoms with van der Waals surface area (Å²) in [6, 6.07) is 7.87. The molecule has 5 nitrogen and oxygen atoms in total. The fourth-order valence-electron chi connectivity index (χ4n) is 2.17. The molecule has 3 rings (SSSR count). The van der Waals surface area contributed by atoms with E-state index in [1.54, 1.807) is 40.7 Å². The number of pyridine rings is 1. The Bertz CT molecular complexity index is 821. The largest absolute Gasteiger partial charge is 0.348 e. The highest BCUT2D eigenvalue weighted by Gasteiger charge is 2.05. The minimum absolute atomic E-state index is 0.121. The van der Waals surface area contributed by atoms with Crippen LogP contribution in [-0.4, -0.2) is 20.7 Å². The van der Waals surface area contributed by atoms with E-state index in [1.807, 2.05) is 42.8 Å². The van der Waals surface area contributed by atoms with E-state index in [9.17, 15) is 4.79 Å². The average molecular weight is 324 g/mol. The van der Waals surface area contributed by atoms with Crippen LogP contribution in [0.5, 0.6) is 0 Å². The van der Waals surface area contributed by atoms with Crippen molar-refractivity contribution in [3.05, 3.63) is 64.8 Å². The summed E-state index contributed by atoms with van der Waals surface area (Å²) < 4.78 is 1.79. The molecule has 3 aromatic rings. The molecule has 0 unspecified atom stereocenters. The fraction of sp³-hybridized carbons (Fsp3) is 0.118. The Morgan fingerprint density at radius 3 is 3.04 bits per heavy atom. The lowest BCUT2D eigenvalue weighted by Crippen LogP contribution is -2.20. The van der Waals surface area contributed by atoms with Gasteiger partial charge >= 0.3 is 0 Å². The van der Waals surface area contributed by atoms with Crippen molar-refractivity contribution in [1.82, 2.24) is 20.1 Å². The van der Waals surface area contributed by atoms with Gasteiger partial charge in [-0.15, -0.1) is 11.3 Å². The quantitative estimate of drug-likeness (QED) is 0.734. The second-order valence-electron chi connectivity index (χ2n) is 4.99. The molecule has 0 aromatic carbocycles. The molecule has 0 saturated heterocycles. The maximum absolute atomic E-state index is 11.9. The molecule has 0 bridgehead atoms. The highest BCUT2D eigenvalue weighted by Crippen LogP contribution is 2.18. The Labute approximate surface area is 138 Å². The van der Waals surface area contributed by atoms with Crippen molar-refractivity contribution < 1.29 is 4.79 Å². The summed E-state index contributed by atoms with van der Waals surface area (Å²) in [5.41, 5.74) is 2.91. The second kappa shape index (κ2) is 7.02. The summed E-state index contributed by atoms with van der Waals surface area (Å²) in [4.78, 5) is 17.1. The first-order valence-electron chi connectivity index (χ1n) is 7.14. The van der Waals surface area contributed by atoms with Gasteiger partial charge in [0.2, 0.25) is 5.91 Å². The fourth-order valence-corrected chi connectivity index (χ4v) is 2.79. The first-order valence-corrected chi connectivity index (χ1v) is 8.02. The molecule has 3 aromatic heterocycles. The highest BCUT2D eigenvalue weighted by atomic mass is 32.1. The standard InChI is InChI=1S/C17H16N4OS/c1-21-16(6-7-20-21)14-9-13(10-18-12-14)11-19-17(22)5-4-15-3-2-8-23-15/h2-10,12H,11H2,1H3,(H,19,22)/b5-4+. The van der Waals surface area contributed by atoms with Gasteiger partial charge in [-0.25, -0.2) is 0 Å². The number of rotatable bonds is 5. The van der Waals surface area contributed by atoms with Gasteiger partial charge in [0.15, 0.2) is 0 Å². The Morgan fingerprint density at radius 1 is 1.39 bits per heavy atom. The van der Waals surface area contributed by atoms with Gasteiger partial charge in [0.1, 0.15) is 0 Å². The molecule has 0 fully saturated rings. The number of nitrogens with zero attached hydrogens (tertiary/aromatic N) is 3. The first-order chi connectivity index (χ1) is 11.2. The number of thiophene rings is 1. The van der Waals surface area contributed by atoms with Gasteiger partial charge in [-0.1, -0.05) is 6.07 Å². The van der Waals surface area contributed by atoms with Crippen LogP contribution in [0.15, 0.2) is 54.3 Å². The Hall–Kier alpha value is -2.73. The molecule has 1 amide bonds. The number of hydrogen-bond donors (Lipinski definition) is 1. The Morgan fingerprint density at radius 2 is 2.30 bits per heavy atom. The lowest BCUT2D eigenvalue weighted by Gasteiger charge is -2.06. The summed E-state index contributed by atoms with van der Waals surface area (Å²) in [6.07, 6.45) is 8.65. The summed E-state index contributed by atoms with van der Waals surface area (Å²) in [7, 11) is 1.89. The van der Waals surface area contributed by atoms with E-state index < -0.39 is 0 Å². The maximum atomic E-state index is 11.9. The van der Waals surface area contributed by atoms with Crippen molar-refractivity contribution >= 4 is 23.3 Å². The third-order valence-corrected chi connectivity index (χ3v) is 4.16. The molecule has 3 heterocycles.